The summed E-state index contributed by atoms with van der Waals surface area (Å²) in [5.41, 5.74) is 0.468. The van der Waals surface area contributed by atoms with Gasteiger partial charge in [-0.3, -0.25) is 4.79 Å². The quantitative estimate of drug-likeness (QED) is 0.845. The van der Waals surface area contributed by atoms with E-state index in [2.05, 4.69) is 4.74 Å². The van der Waals surface area contributed by atoms with Crippen molar-refractivity contribution in [3.8, 4) is 11.5 Å². The molecule has 7 nitrogen and oxygen atoms in total. The number of amides is 1. The molecule has 0 fully saturated rings. The minimum absolute atomic E-state index is 0.141. The Morgan fingerprint density at radius 1 is 1.21 bits per heavy atom. The number of hydrogen-bond donors (Lipinski definition) is 1. The molecule has 0 saturated heterocycles. The van der Waals surface area contributed by atoms with Gasteiger partial charge in [0.15, 0.2) is 0 Å². The molecule has 1 heterocycles. The first-order valence-corrected chi connectivity index (χ1v) is 7.17. The molecule has 2 rings (SSSR count). The second-order valence-corrected chi connectivity index (χ2v) is 5.22. The number of phenolic OH excluding ortho intramolecular Hbond substituents is 1. The van der Waals surface area contributed by atoms with Gasteiger partial charge in [-0.2, -0.15) is 0 Å². The first kappa shape index (κ1) is 17.4. The summed E-state index contributed by atoms with van der Waals surface area (Å²) in [5, 5.41) is 9.95. The van der Waals surface area contributed by atoms with Crippen LogP contribution in [0.15, 0.2) is 28.7 Å². The van der Waals surface area contributed by atoms with E-state index >= 15 is 0 Å². The van der Waals surface area contributed by atoms with Crippen molar-refractivity contribution in [2.75, 3.05) is 21.3 Å². The highest BCUT2D eigenvalue weighted by Crippen LogP contribution is 2.25. The number of carbonyl (C=O) groups is 2. The van der Waals surface area contributed by atoms with Gasteiger partial charge in [0, 0.05) is 13.1 Å². The summed E-state index contributed by atoms with van der Waals surface area (Å²) in [4.78, 5) is 25.4. The number of aryl methyl sites for hydroxylation is 1. The molecule has 1 amide bonds. The fourth-order valence-corrected chi connectivity index (χ4v) is 2.26. The molecule has 0 unspecified atom stereocenters. The fourth-order valence-electron chi connectivity index (χ4n) is 2.26. The zero-order valence-electron chi connectivity index (χ0n) is 14.0. The van der Waals surface area contributed by atoms with E-state index in [0.29, 0.717) is 22.8 Å². The number of ether oxygens (including phenoxy) is 2. The highest BCUT2D eigenvalue weighted by Gasteiger charge is 2.20. The summed E-state index contributed by atoms with van der Waals surface area (Å²) in [6.45, 7) is 1.79. The number of nitrogens with zero attached hydrogens (tertiary/aromatic N) is 1. The summed E-state index contributed by atoms with van der Waals surface area (Å²) in [6.07, 6.45) is 0. The zero-order chi connectivity index (χ0) is 17.9. The highest BCUT2D eigenvalue weighted by atomic mass is 16.5. The SMILES string of the molecule is COC(=O)c1cc(CN(C)C(=O)c2ccc(OC)cc2O)oc1C. The highest BCUT2D eigenvalue weighted by molar-refractivity contribution is 5.97. The van der Waals surface area contributed by atoms with Crippen molar-refractivity contribution in [1.29, 1.82) is 0 Å². The van der Waals surface area contributed by atoms with Crippen molar-refractivity contribution in [2.24, 2.45) is 0 Å². The lowest BCUT2D eigenvalue weighted by molar-refractivity contribution is 0.0598. The number of hydrogen-bond acceptors (Lipinski definition) is 6. The summed E-state index contributed by atoms with van der Waals surface area (Å²) in [5.74, 6) is 0.267. The van der Waals surface area contributed by atoms with Gasteiger partial charge in [0.25, 0.3) is 5.91 Å². The van der Waals surface area contributed by atoms with Gasteiger partial charge in [-0.1, -0.05) is 0 Å². The maximum absolute atomic E-state index is 12.4. The first-order valence-electron chi connectivity index (χ1n) is 7.17. The monoisotopic (exact) mass is 333 g/mol. The fraction of sp³-hybridized carbons (Fsp3) is 0.294. The lowest BCUT2D eigenvalue weighted by Gasteiger charge is -2.16. The Morgan fingerprint density at radius 3 is 2.50 bits per heavy atom. The van der Waals surface area contributed by atoms with Gasteiger partial charge < -0.3 is 23.9 Å². The number of methoxy groups -OCH3 is 2. The summed E-state index contributed by atoms with van der Waals surface area (Å²) in [7, 11) is 4.33. The smallest absolute Gasteiger partial charge is 0.341 e. The van der Waals surface area contributed by atoms with Crippen LogP contribution in [0, 0.1) is 6.92 Å². The molecule has 0 aliphatic carbocycles. The first-order chi connectivity index (χ1) is 11.4. The minimum Gasteiger partial charge on any atom is -0.507 e. The minimum atomic E-state index is -0.496. The molecular weight excluding hydrogens is 314 g/mol. The van der Waals surface area contributed by atoms with Crippen LogP contribution < -0.4 is 4.74 Å². The second kappa shape index (κ2) is 7.08. The van der Waals surface area contributed by atoms with E-state index in [1.807, 2.05) is 0 Å². The Hall–Kier alpha value is -2.96. The van der Waals surface area contributed by atoms with E-state index < -0.39 is 5.97 Å². The molecule has 0 saturated carbocycles. The maximum atomic E-state index is 12.4. The van der Waals surface area contributed by atoms with Crippen LogP contribution in [0.5, 0.6) is 11.5 Å². The lowest BCUT2D eigenvalue weighted by atomic mass is 10.1. The van der Waals surface area contributed by atoms with Gasteiger partial charge in [0.2, 0.25) is 0 Å². The summed E-state index contributed by atoms with van der Waals surface area (Å²) >= 11 is 0. The molecule has 24 heavy (non-hydrogen) atoms. The van der Waals surface area contributed by atoms with Gasteiger partial charge in [-0.25, -0.2) is 4.79 Å². The second-order valence-electron chi connectivity index (χ2n) is 5.22. The third kappa shape index (κ3) is 3.51. The molecule has 0 bridgehead atoms. The summed E-state index contributed by atoms with van der Waals surface area (Å²) in [6, 6.07) is 5.99. The average molecular weight is 333 g/mol. The van der Waals surface area contributed by atoms with Crippen LogP contribution in [-0.4, -0.2) is 43.2 Å². The molecule has 1 N–H and O–H groups in total. The van der Waals surface area contributed by atoms with Gasteiger partial charge in [0.1, 0.15) is 28.6 Å². The molecule has 0 aliphatic heterocycles. The number of aromatic hydroxyl groups is 1. The lowest BCUT2D eigenvalue weighted by Crippen LogP contribution is -2.26. The number of benzene rings is 1. The topological polar surface area (TPSA) is 89.2 Å². The summed E-state index contributed by atoms with van der Waals surface area (Å²) < 4.78 is 15.1. The number of furan rings is 1. The van der Waals surface area contributed by atoms with Crippen molar-refractivity contribution < 1.29 is 28.6 Å². The van der Waals surface area contributed by atoms with E-state index in [9.17, 15) is 14.7 Å². The van der Waals surface area contributed by atoms with Crippen LogP contribution in [0.1, 0.15) is 32.2 Å². The van der Waals surface area contributed by atoms with E-state index in [-0.39, 0.29) is 23.8 Å². The van der Waals surface area contributed by atoms with Gasteiger partial charge in [-0.05, 0) is 25.1 Å². The van der Waals surface area contributed by atoms with E-state index in [1.165, 1.54) is 31.3 Å². The van der Waals surface area contributed by atoms with Gasteiger partial charge in [-0.15, -0.1) is 0 Å². The number of carbonyl (C=O) groups excluding carboxylic acids is 2. The van der Waals surface area contributed by atoms with E-state index in [4.69, 9.17) is 9.15 Å². The third-order valence-corrected chi connectivity index (χ3v) is 3.55. The Morgan fingerprint density at radius 2 is 1.92 bits per heavy atom. The maximum Gasteiger partial charge on any atom is 0.341 e. The molecule has 1 aromatic heterocycles. The zero-order valence-corrected chi connectivity index (χ0v) is 14.0. The Balaban J connectivity index is 2.16. The molecule has 0 spiro atoms. The molecular formula is C17H19NO6. The third-order valence-electron chi connectivity index (χ3n) is 3.55. The molecule has 1 aromatic carbocycles. The van der Waals surface area contributed by atoms with E-state index in [0.717, 1.165) is 0 Å². The normalized spacial score (nSPS) is 10.3. The predicted molar refractivity (Wildman–Crippen MR) is 85.2 cm³/mol. The van der Waals surface area contributed by atoms with Crippen molar-refractivity contribution in [1.82, 2.24) is 4.90 Å². The number of phenols is 1. The predicted octanol–water partition coefficient (Wildman–Crippen LogP) is 2.36. The van der Waals surface area contributed by atoms with Crippen LogP contribution in [0.25, 0.3) is 0 Å². The number of rotatable bonds is 5. The molecule has 0 radical (unpaired) electrons. The van der Waals surface area contributed by atoms with Crippen LogP contribution in [-0.2, 0) is 11.3 Å². The van der Waals surface area contributed by atoms with Crippen molar-refractivity contribution in [3.05, 3.63) is 46.9 Å². The number of esters is 1. The Kier molecular flexibility index (Phi) is 5.13. The molecule has 0 aliphatic rings. The van der Waals surface area contributed by atoms with Crippen LogP contribution in [0.4, 0.5) is 0 Å². The van der Waals surface area contributed by atoms with Crippen LogP contribution in [0.2, 0.25) is 0 Å². The van der Waals surface area contributed by atoms with E-state index in [1.54, 1.807) is 26.1 Å². The molecule has 128 valence electrons. The molecule has 0 atom stereocenters. The molecule has 7 heteroatoms. The standard InChI is InChI=1S/C17H19NO6/c1-10-14(17(21)23-4)7-12(24-10)9-18(2)16(20)13-6-5-11(22-3)8-15(13)19/h5-8,19H,9H2,1-4H3. The van der Waals surface area contributed by atoms with Crippen molar-refractivity contribution in [3.63, 3.8) is 0 Å². The van der Waals surface area contributed by atoms with Crippen molar-refractivity contribution in [2.45, 2.75) is 13.5 Å². The van der Waals surface area contributed by atoms with Crippen LogP contribution in [0.3, 0.4) is 0 Å². The Labute approximate surface area is 139 Å². The largest absolute Gasteiger partial charge is 0.507 e. The van der Waals surface area contributed by atoms with Crippen molar-refractivity contribution >= 4 is 11.9 Å². The van der Waals surface area contributed by atoms with Gasteiger partial charge >= 0.3 is 5.97 Å². The average Bonchev–Trinajstić information content (AvgIpc) is 2.93. The Bertz CT molecular complexity index is 764. The van der Waals surface area contributed by atoms with Gasteiger partial charge in [0.05, 0.1) is 26.3 Å². The van der Waals surface area contributed by atoms with Crippen LogP contribution >= 0.6 is 0 Å². The molecule has 2 aromatic rings.